The largest absolute Gasteiger partial charge is 0.484 e. The van der Waals surface area contributed by atoms with E-state index in [1.807, 2.05) is 30.3 Å². The smallest absolute Gasteiger partial charge is 0.260 e. The van der Waals surface area contributed by atoms with Gasteiger partial charge >= 0.3 is 0 Å². The fourth-order valence-electron chi connectivity index (χ4n) is 3.14. The summed E-state index contributed by atoms with van der Waals surface area (Å²) in [4.78, 5) is 16.1. The molecule has 2 heterocycles. The Morgan fingerprint density at radius 1 is 1.12 bits per heavy atom. The van der Waals surface area contributed by atoms with Crippen LogP contribution in [-0.2, 0) is 9.53 Å². The van der Waals surface area contributed by atoms with E-state index in [9.17, 15) is 15.0 Å². The van der Waals surface area contributed by atoms with Crippen LogP contribution >= 0.6 is 0 Å². The van der Waals surface area contributed by atoms with Gasteiger partial charge in [-0.25, -0.2) is 0 Å². The predicted octanol–water partition coefficient (Wildman–Crippen LogP) is -0.670. The molecule has 7 nitrogen and oxygen atoms in total. The number of carbonyl (C=O) groups is 1. The van der Waals surface area contributed by atoms with Gasteiger partial charge in [0.2, 0.25) is 0 Å². The molecule has 0 spiro atoms. The molecule has 0 saturated carbocycles. The second kappa shape index (κ2) is 7.94. The third-order valence-electron chi connectivity index (χ3n) is 4.61. The molecule has 3 rings (SSSR count). The van der Waals surface area contributed by atoms with Gasteiger partial charge < -0.3 is 24.6 Å². The van der Waals surface area contributed by atoms with Crippen molar-refractivity contribution in [2.75, 3.05) is 46.0 Å². The molecule has 24 heavy (non-hydrogen) atoms. The van der Waals surface area contributed by atoms with Gasteiger partial charge in [0.1, 0.15) is 11.9 Å². The van der Waals surface area contributed by atoms with Crippen molar-refractivity contribution < 1.29 is 24.5 Å². The third-order valence-corrected chi connectivity index (χ3v) is 4.61. The normalized spacial score (nSPS) is 28.6. The molecule has 1 aromatic rings. The van der Waals surface area contributed by atoms with E-state index < -0.39 is 12.2 Å². The van der Waals surface area contributed by atoms with Crippen molar-refractivity contribution in [2.45, 2.75) is 18.2 Å². The Labute approximate surface area is 141 Å². The quantitative estimate of drug-likeness (QED) is 0.759. The molecule has 2 N–H and O–H groups in total. The van der Waals surface area contributed by atoms with Crippen LogP contribution in [0.5, 0.6) is 5.75 Å². The Kier molecular flexibility index (Phi) is 5.68. The highest BCUT2D eigenvalue weighted by molar-refractivity contribution is 5.77. The zero-order valence-electron chi connectivity index (χ0n) is 13.6. The minimum atomic E-state index is -0.845. The standard InChI is InChI=1S/C17H24N2O5/c20-15-11-23-10-14(17(15)22)18-6-8-19(9-7-18)16(21)12-24-13-4-2-1-3-5-13/h1-5,14-15,17,20,22H,6-12H2/t14-,15-,17+/m1/s1. The second-order valence-corrected chi connectivity index (χ2v) is 6.18. The number of carbonyl (C=O) groups excluding carboxylic acids is 1. The van der Waals surface area contributed by atoms with E-state index in [-0.39, 0.29) is 25.2 Å². The number of benzene rings is 1. The van der Waals surface area contributed by atoms with Crippen LogP contribution in [0.25, 0.3) is 0 Å². The molecular formula is C17H24N2O5. The lowest BCUT2D eigenvalue weighted by molar-refractivity contribution is -0.145. The summed E-state index contributed by atoms with van der Waals surface area (Å²) in [5.74, 6) is 0.639. The van der Waals surface area contributed by atoms with Crippen LogP contribution in [0.1, 0.15) is 0 Å². The molecular weight excluding hydrogens is 312 g/mol. The van der Waals surface area contributed by atoms with Gasteiger partial charge in [-0.1, -0.05) is 18.2 Å². The van der Waals surface area contributed by atoms with Crippen molar-refractivity contribution in [3.05, 3.63) is 30.3 Å². The maximum atomic E-state index is 12.2. The van der Waals surface area contributed by atoms with Gasteiger partial charge in [0.25, 0.3) is 5.91 Å². The Morgan fingerprint density at radius 3 is 2.54 bits per heavy atom. The van der Waals surface area contributed by atoms with Gasteiger partial charge in [0, 0.05) is 26.2 Å². The molecule has 7 heteroatoms. The van der Waals surface area contributed by atoms with Crippen LogP contribution in [0.4, 0.5) is 0 Å². The summed E-state index contributed by atoms with van der Waals surface area (Å²) < 4.78 is 10.8. The van der Waals surface area contributed by atoms with Gasteiger partial charge in [-0.05, 0) is 12.1 Å². The molecule has 2 aliphatic rings. The number of aliphatic hydroxyl groups excluding tert-OH is 2. The highest BCUT2D eigenvalue weighted by atomic mass is 16.5. The predicted molar refractivity (Wildman–Crippen MR) is 86.7 cm³/mol. The highest BCUT2D eigenvalue weighted by Crippen LogP contribution is 2.17. The molecule has 3 atom stereocenters. The van der Waals surface area contributed by atoms with Gasteiger partial charge in [-0.2, -0.15) is 0 Å². The first kappa shape index (κ1) is 17.2. The summed E-state index contributed by atoms with van der Waals surface area (Å²) in [7, 11) is 0. The monoisotopic (exact) mass is 336 g/mol. The SMILES string of the molecule is O=C(COc1ccccc1)N1CCN([C@@H]2COC[C@@H](O)[C@H]2O)CC1. The van der Waals surface area contributed by atoms with Crippen LogP contribution in [0.15, 0.2) is 30.3 Å². The number of hydrogen-bond donors (Lipinski definition) is 2. The molecule has 1 aromatic carbocycles. The van der Waals surface area contributed by atoms with E-state index in [2.05, 4.69) is 4.90 Å². The first-order valence-electron chi connectivity index (χ1n) is 8.28. The van der Waals surface area contributed by atoms with Crippen molar-refractivity contribution in [3.8, 4) is 5.75 Å². The van der Waals surface area contributed by atoms with Gasteiger partial charge in [-0.15, -0.1) is 0 Å². The van der Waals surface area contributed by atoms with Crippen molar-refractivity contribution in [1.29, 1.82) is 0 Å². The van der Waals surface area contributed by atoms with Crippen molar-refractivity contribution in [3.63, 3.8) is 0 Å². The zero-order valence-corrected chi connectivity index (χ0v) is 13.6. The second-order valence-electron chi connectivity index (χ2n) is 6.18. The van der Waals surface area contributed by atoms with Gasteiger partial charge in [0.15, 0.2) is 6.61 Å². The van der Waals surface area contributed by atoms with Gasteiger partial charge in [-0.3, -0.25) is 9.69 Å². The van der Waals surface area contributed by atoms with E-state index in [4.69, 9.17) is 9.47 Å². The molecule has 2 fully saturated rings. The molecule has 0 unspecified atom stereocenters. The fraction of sp³-hybridized carbons (Fsp3) is 0.588. The molecule has 1 amide bonds. The number of hydrogen-bond acceptors (Lipinski definition) is 6. The lowest BCUT2D eigenvalue weighted by Gasteiger charge is -2.43. The molecule has 0 radical (unpaired) electrons. The van der Waals surface area contributed by atoms with E-state index in [0.717, 1.165) is 0 Å². The Hall–Kier alpha value is -1.67. The molecule has 0 aliphatic carbocycles. The van der Waals surface area contributed by atoms with Crippen LogP contribution < -0.4 is 4.74 Å². The summed E-state index contributed by atoms with van der Waals surface area (Å²) >= 11 is 0. The summed E-state index contributed by atoms with van der Waals surface area (Å²) in [6.45, 7) is 3.06. The average Bonchev–Trinajstić information content (AvgIpc) is 2.63. The van der Waals surface area contributed by atoms with Crippen LogP contribution in [0.2, 0.25) is 0 Å². The molecule has 0 aromatic heterocycles. The highest BCUT2D eigenvalue weighted by Gasteiger charge is 2.37. The number of rotatable bonds is 4. The Morgan fingerprint density at radius 2 is 1.83 bits per heavy atom. The fourth-order valence-corrected chi connectivity index (χ4v) is 3.14. The summed E-state index contributed by atoms with van der Waals surface area (Å²) in [5.41, 5.74) is 0. The van der Waals surface area contributed by atoms with E-state index in [1.54, 1.807) is 4.90 Å². The number of nitrogens with zero attached hydrogens (tertiary/aromatic N) is 2. The lowest BCUT2D eigenvalue weighted by atomic mass is 10.0. The minimum absolute atomic E-state index is 0.0257. The Balaban J connectivity index is 1.45. The number of ether oxygens (including phenoxy) is 2. The van der Waals surface area contributed by atoms with Crippen LogP contribution in [0, 0.1) is 0 Å². The van der Waals surface area contributed by atoms with Crippen molar-refractivity contribution in [2.24, 2.45) is 0 Å². The number of amides is 1. The lowest BCUT2D eigenvalue weighted by Crippen LogP contribution is -2.61. The first-order chi connectivity index (χ1) is 11.6. The summed E-state index contributed by atoms with van der Waals surface area (Å²) in [6.07, 6.45) is -1.65. The molecule has 0 bridgehead atoms. The maximum absolute atomic E-state index is 12.2. The first-order valence-corrected chi connectivity index (χ1v) is 8.28. The summed E-state index contributed by atoms with van der Waals surface area (Å²) in [5, 5.41) is 19.8. The number of aliphatic hydroxyl groups is 2. The zero-order chi connectivity index (χ0) is 16.9. The van der Waals surface area contributed by atoms with E-state index in [0.29, 0.717) is 38.5 Å². The molecule has 2 saturated heterocycles. The molecule has 132 valence electrons. The average molecular weight is 336 g/mol. The summed E-state index contributed by atoms with van der Waals surface area (Å²) in [6, 6.07) is 9.05. The topological polar surface area (TPSA) is 82.5 Å². The molecule has 2 aliphatic heterocycles. The van der Waals surface area contributed by atoms with E-state index in [1.165, 1.54) is 0 Å². The Bertz CT molecular complexity index is 533. The van der Waals surface area contributed by atoms with Crippen molar-refractivity contribution in [1.82, 2.24) is 9.80 Å². The van der Waals surface area contributed by atoms with Crippen LogP contribution in [0.3, 0.4) is 0 Å². The van der Waals surface area contributed by atoms with Crippen LogP contribution in [-0.4, -0.2) is 90.2 Å². The van der Waals surface area contributed by atoms with E-state index >= 15 is 0 Å². The minimum Gasteiger partial charge on any atom is -0.484 e. The third kappa shape index (κ3) is 4.05. The van der Waals surface area contributed by atoms with Crippen molar-refractivity contribution >= 4 is 5.91 Å². The maximum Gasteiger partial charge on any atom is 0.260 e. The van der Waals surface area contributed by atoms with Gasteiger partial charge in [0.05, 0.1) is 25.4 Å². The number of para-hydroxylation sites is 1. The number of piperazine rings is 1.